The van der Waals surface area contributed by atoms with Crippen LogP contribution in [0.5, 0.6) is 5.75 Å². The zero-order valence-electron chi connectivity index (χ0n) is 19.0. The highest BCUT2D eigenvalue weighted by molar-refractivity contribution is 6.33. The summed E-state index contributed by atoms with van der Waals surface area (Å²) in [5.41, 5.74) is 3.69. The van der Waals surface area contributed by atoms with Crippen LogP contribution in [0.1, 0.15) is 29.7 Å². The summed E-state index contributed by atoms with van der Waals surface area (Å²) in [4.78, 5) is 4.61. The number of ether oxygens (including phenoxy) is 1. The molecule has 1 N–H and O–H groups in total. The van der Waals surface area contributed by atoms with E-state index in [2.05, 4.69) is 15.9 Å². The Hall–Kier alpha value is -3.11. The molecule has 0 unspecified atom stereocenters. The summed E-state index contributed by atoms with van der Waals surface area (Å²) in [5.74, 6) is 0.339. The van der Waals surface area contributed by atoms with Crippen LogP contribution in [0.25, 0.3) is 0 Å². The second kappa shape index (κ2) is 10.9. The highest BCUT2D eigenvalue weighted by atomic mass is 35.5. The molecule has 0 radical (unpaired) electrons. The summed E-state index contributed by atoms with van der Waals surface area (Å²) in [6.07, 6.45) is -0.564. The van der Waals surface area contributed by atoms with Crippen molar-refractivity contribution in [1.29, 1.82) is 5.26 Å². The van der Waals surface area contributed by atoms with Gasteiger partial charge in [0.1, 0.15) is 18.2 Å². The van der Waals surface area contributed by atoms with Crippen molar-refractivity contribution >= 4 is 17.3 Å². The van der Waals surface area contributed by atoms with Gasteiger partial charge in [-0.15, -0.1) is 0 Å². The number of hydrogen-bond donors (Lipinski definition) is 1. The fraction of sp³-hybridized carbons (Fsp3) is 0.296. The van der Waals surface area contributed by atoms with Gasteiger partial charge in [0, 0.05) is 32.2 Å². The summed E-state index contributed by atoms with van der Waals surface area (Å²) < 4.78 is 19.2. The molecule has 2 atom stereocenters. The molecular weight excluding hydrogens is 453 g/mol. The summed E-state index contributed by atoms with van der Waals surface area (Å²) in [6.45, 7) is 4.93. The van der Waals surface area contributed by atoms with Crippen LogP contribution in [0.3, 0.4) is 0 Å². The van der Waals surface area contributed by atoms with Gasteiger partial charge >= 0.3 is 0 Å². The number of nitriles is 1. The molecule has 0 saturated carbocycles. The van der Waals surface area contributed by atoms with E-state index in [0.717, 1.165) is 43.0 Å². The number of rotatable bonds is 7. The van der Waals surface area contributed by atoms with E-state index in [4.69, 9.17) is 21.6 Å². The van der Waals surface area contributed by atoms with E-state index < -0.39 is 6.10 Å². The minimum atomic E-state index is -0.564. The third kappa shape index (κ3) is 5.87. The second-order valence-electron chi connectivity index (χ2n) is 8.58. The second-order valence-corrected chi connectivity index (χ2v) is 8.99. The molecule has 176 valence electrons. The number of benzene rings is 3. The minimum Gasteiger partial charge on any atom is -0.491 e. The van der Waals surface area contributed by atoms with Gasteiger partial charge in [-0.1, -0.05) is 35.9 Å². The first kappa shape index (κ1) is 24.0. The number of hydrogen-bond acceptors (Lipinski definition) is 5. The molecule has 1 saturated heterocycles. The maximum Gasteiger partial charge on any atom is 0.123 e. The summed E-state index contributed by atoms with van der Waals surface area (Å²) >= 11 is 6.67. The molecule has 0 aromatic heterocycles. The Balaban J connectivity index is 1.57. The predicted octanol–water partition coefficient (Wildman–Crippen LogP) is 5.17. The van der Waals surface area contributed by atoms with Crippen molar-refractivity contribution in [2.45, 2.75) is 25.6 Å². The van der Waals surface area contributed by atoms with Gasteiger partial charge in [-0.05, 0) is 54.4 Å². The van der Waals surface area contributed by atoms with Gasteiger partial charge in [-0.25, -0.2) is 4.39 Å². The molecule has 3 aromatic carbocycles. The number of anilines is 1. The van der Waals surface area contributed by atoms with E-state index in [1.54, 1.807) is 13.0 Å². The first-order valence-electron chi connectivity index (χ1n) is 11.3. The largest absolute Gasteiger partial charge is 0.491 e. The Morgan fingerprint density at radius 2 is 1.85 bits per heavy atom. The van der Waals surface area contributed by atoms with Crippen LogP contribution in [0.15, 0.2) is 66.7 Å². The van der Waals surface area contributed by atoms with Crippen LogP contribution < -0.4 is 9.64 Å². The zero-order valence-corrected chi connectivity index (χ0v) is 19.8. The van der Waals surface area contributed by atoms with Crippen molar-refractivity contribution in [3.8, 4) is 11.8 Å². The lowest BCUT2D eigenvalue weighted by molar-refractivity contribution is 0.123. The molecule has 34 heavy (non-hydrogen) atoms. The lowest BCUT2D eigenvalue weighted by Crippen LogP contribution is -2.48. The van der Waals surface area contributed by atoms with Gasteiger partial charge in [0.2, 0.25) is 0 Å². The Bertz CT molecular complexity index is 1150. The molecular formula is C27H27ClFN3O2. The van der Waals surface area contributed by atoms with Crippen LogP contribution in [-0.4, -0.2) is 42.4 Å². The van der Waals surface area contributed by atoms with E-state index in [0.29, 0.717) is 16.3 Å². The summed E-state index contributed by atoms with van der Waals surface area (Å²) in [6, 6.07) is 22.0. The first-order valence-corrected chi connectivity index (χ1v) is 11.6. The van der Waals surface area contributed by atoms with Crippen molar-refractivity contribution < 1.29 is 14.2 Å². The normalized spacial score (nSPS) is 17.3. The van der Waals surface area contributed by atoms with Crippen molar-refractivity contribution in [3.05, 3.63) is 94.3 Å². The van der Waals surface area contributed by atoms with Gasteiger partial charge in [0.25, 0.3) is 0 Å². The van der Waals surface area contributed by atoms with Crippen LogP contribution in [0.4, 0.5) is 10.1 Å². The summed E-state index contributed by atoms with van der Waals surface area (Å²) in [5, 5.41) is 19.1. The molecule has 4 rings (SSSR count). The molecule has 7 heteroatoms. The first-order chi connectivity index (χ1) is 16.4. The Morgan fingerprint density at radius 3 is 2.50 bits per heavy atom. The molecule has 1 heterocycles. The maximum atomic E-state index is 13.6. The van der Waals surface area contributed by atoms with Crippen molar-refractivity contribution in [2.75, 3.05) is 31.1 Å². The molecule has 0 bridgehead atoms. The lowest BCUT2D eigenvalue weighted by atomic mass is 10.0. The third-order valence-electron chi connectivity index (χ3n) is 5.93. The van der Waals surface area contributed by atoms with Crippen molar-refractivity contribution in [2.24, 2.45) is 0 Å². The summed E-state index contributed by atoms with van der Waals surface area (Å²) in [7, 11) is 0. The SMILES string of the molecule is C[C@H](O)COc1ccc(N2CCN(Cc3ccc(C#N)cc3)C[C@H]2c2ccc(F)cc2)c(Cl)c1. The van der Waals surface area contributed by atoms with Crippen LogP contribution >= 0.6 is 11.6 Å². The number of nitrogens with zero attached hydrogens (tertiary/aromatic N) is 3. The molecule has 5 nitrogen and oxygen atoms in total. The Kier molecular flexibility index (Phi) is 7.69. The van der Waals surface area contributed by atoms with E-state index in [1.807, 2.05) is 48.5 Å². The van der Waals surface area contributed by atoms with E-state index in [-0.39, 0.29) is 18.5 Å². The molecule has 1 aliphatic heterocycles. The van der Waals surface area contributed by atoms with Gasteiger partial charge in [0.05, 0.1) is 34.5 Å². The smallest absolute Gasteiger partial charge is 0.123 e. The van der Waals surface area contributed by atoms with E-state index in [1.165, 1.54) is 12.1 Å². The van der Waals surface area contributed by atoms with Gasteiger partial charge in [-0.3, -0.25) is 4.90 Å². The van der Waals surface area contributed by atoms with E-state index in [9.17, 15) is 9.50 Å². The number of piperazine rings is 1. The van der Waals surface area contributed by atoms with Gasteiger partial charge in [-0.2, -0.15) is 5.26 Å². The average Bonchev–Trinajstić information content (AvgIpc) is 2.84. The number of aliphatic hydroxyl groups is 1. The maximum absolute atomic E-state index is 13.6. The minimum absolute atomic E-state index is 0.0190. The van der Waals surface area contributed by atoms with Crippen LogP contribution in [0.2, 0.25) is 5.02 Å². The molecule has 3 aromatic rings. The fourth-order valence-electron chi connectivity index (χ4n) is 4.21. The standard InChI is InChI=1S/C27H27ClFN3O2/c1-19(33)18-34-24-10-11-26(25(28)14-24)32-13-12-31(16-21-4-2-20(15-30)3-5-21)17-27(32)22-6-8-23(29)9-7-22/h2-11,14,19,27,33H,12-13,16-18H2,1H3/t19-,27-/m0/s1. The van der Waals surface area contributed by atoms with Crippen molar-refractivity contribution in [3.63, 3.8) is 0 Å². The lowest BCUT2D eigenvalue weighted by Gasteiger charge is -2.43. The molecule has 0 spiro atoms. The van der Waals surface area contributed by atoms with Gasteiger partial charge in [0.15, 0.2) is 0 Å². The zero-order chi connectivity index (χ0) is 24.1. The average molecular weight is 480 g/mol. The Morgan fingerprint density at radius 1 is 1.12 bits per heavy atom. The predicted molar refractivity (Wildman–Crippen MR) is 132 cm³/mol. The molecule has 0 amide bonds. The van der Waals surface area contributed by atoms with Crippen LogP contribution in [-0.2, 0) is 6.54 Å². The third-order valence-corrected chi connectivity index (χ3v) is 6.23. The highest BCUT2D eigenvalue weighted by Gasteiger charge is 2.30. The van der Waals surface area contributed by atoms with Crippen LogP contribution in [0, 0.1) is 17.1 Å². The molecule has 1 fully saturated rings. The quantitative estimate of drug-likeness (QED) is 0.506. The van der Waals surface area contributed by atoms with Crippen molar-refractivity contribution in [1.82, 2.24) is 4.90 Å². The molecule has 0 aliphatic carbocycles. The monoisotopic (exact) mass is 479 g/mol. The fourth-order valence-corrected chi connectivity index (χ4v) is 4.49. The topological polar surface area (TPSA) is 59.7 Å². The molecule has 1 aliphatic rings. The number of aliphatic hydroxyl groups excluding tert-OH is 1. The van der Waals surface area contributed by atoms with Gasteiger partial charge < -0.3 is 14.7 Å². The number of halogens is 2. The Labute approximate surface area is 204 Å². The highest BCUT2D eigenvalue weighted by Crippen LogP contribution is 2.37. The van der Waals surface area contributed by atoms with E-state index >= 15 is 0 Å².